The summed E-state index contributed by atoms with van der Waals surface area (Å²) in [5.74, 6) is -2.54. The van der Waals surface area contributed by atoms with Crippen molar-refractivity contribution in [2.24, 2.45) is 11.5 Å². The van der Waals surface area contributed by atoms with Gasteiger partial charge in [-0.1, -0.05) is 48.5 Å². The minimum absolute atomic E-state index is 0.147. The van der Waals surface area contributed by atoms with Crippen LogP contribution < -0.4 is 22.1 Å². The Labute approximate surface area is 245 Å². The summed E-state index contributed by atoms with van der Waals surface area (Å²) in [5, 5.41) is 16.2. The highest BCUT2D eigenvalue weighted by atomic mass is 16.4. The zero-order valence-corrected chi connectivity index (χ0v) is 23.6. The van der Waals surface area contributed by atoms with E-state index in [1.54, 1.807) is 6.20 Å². The van der Waals surface area contributed by atoms with Gasteiger partial charge in [0.2, 0.25) is 17.7 Å². The number of carboxylic acids is 1. The Hall–Kier alpha value is -4.22. The van der Waals surface area contributed by atoms with E-state index in [9.17, 15) is 24.3 Å². The molecule has 1 aromatic heterocycles. The molecule has 224 valence electrons. The van der Waals surface area contributed by atoms with E-state index in [1.807, 2.05) is 54.6 Å². The zero-order valence-electron chi connectivity index (χ0n) is 23.6. The van der Waals surface area contributed by atoms with Crippen molar-refractivity contribution < 1.29 is 24.3 Å². The number of carbonyl (C=O) groups is 4. The smallest absolute Gasteiger partial charge is 0.326 e. The molecule has 11 nitrogen and oxygen atoms in total. The number of hydrogen-bond acceptors (Lipinski definition) is 6. The number of aliphatic carboxylic acids is 1. The van der Waals surface area contributed by atoms with Crippen molar-refractivity contribution in [3.8, 4) is 0 Å². The topological polar surface area (TPSA) is 184 Å². The van der Waals surface area contributed by atoms with Crippen LogP contribution in [-0.2, 0) is 32.0 Å². The second-order valence-electron chi connectivity index (χ2n) is 10.8. The number of hydrogen-bond donors (Lipinski definition) is 6. The molecule has 0 aliphatic carbocycles. The SMILES string of the molecule is NCCCC[C@H](NC(=O)[C@@H](N)Cc1ccccc1)C(=O)N[C@@H](Cc1c[nH]c2ccccc12)C(=O)N1CCC[C@H]1C(=O)O. The molecule has 2 aromatic carbocycles. The summed E-state index contributed by atoms with van der Waals surface area (Å²) in [6.45, 7) is 0.726. The van der Waals surface area contributed by atoms with E-state index in [1.165, 1.54) is 4.90 Å². The van der Waals surface area contributed by atoms with Gasteiger partial charge in [-0.25, -0.2) is 4.79 Å². The molecule has 3 amide bonds. The molecular weight excluding hydrogens is 536 g/mol. The minimum Gasteiger partial charge on any atom is -0.480 e. The molecule has 0 unspecified atom stereocenters. The second-order valence-corrected chi connectivity index (χ2v) is 10.8. The number of benzene rings is 2. The maximum atomic E-state index is 13.8. The number of carbonyl (C=O) groups excluding carboxylic acids is 3. The Morgan fingerprint density at radius 1 is 0.952 bits per heavy atom. The van der Waals surface area contributed by atoms with Gasteiger partial charge in [0.25, 0.3) is 0 Å². The van der Waals surface area contributed by atoms with Gasteiger partial charge in [0.15, 0.2) is 0 Å². The fourth-order valence-corrected chi connectivity index (χ4v) is 5.48. The molecule has 0 bridgehead atoms. The van der Waals surface area contributed by atoms with E-state index < -0.39 is 47.9 Å². The fraction of sp³-hybridized carbons (Fsp3) is 0.419. The number of para-hydroxylation sites is 1. The van der Waals surface area contributed by atoms with Crippen molar-refractivity contribution in [3.63, 3.8) is 0 Å². The van der Waals surface area contributed by atoms with E-state index in [0.717, 1.165) is 22.0 Å². The molecule has 0 spiro atoms. The lowest BCUT2D eigenvalue weighted by atomic mass is 10.0. The predicted molar refractivity (Wildman–Crippen MR) is 159 cm³/mol. The van der Waals surface area contributed by atoms with Crippen molar-refractivity contribution in [1.82, 2.24) is 20.5 Å². The highest BCUT2D eigenvalue weighted by molar-refractivity contribution is 5.95. The lowest BCUT2D eigenvalue weighted by molar-refractivity contribution is -0.149. The number of fused-ring (bicyclic) bond motifs is 1. The fourth-order valence-electron chi connectivity index (χ4n) is 5.48. The number of aromatic nitrogens is 1. The lowest BCUT2D eigenvalue weighted by Gasteiger charge is -2.29. The molecule has 4 rings (SSSR count). The van der Waals surface area contributed by atoms with Gasteiger partial charge in [0, 0.05) is 30.1 Å². The molecule has 1 aliphatic rings. The van der Waals surface area contributed by atoms with Crippen LogP contribution in [0.3, 0.4) is 0 Å². The van der Waals surface area contributed by atoms with Gasteiger partial charge in [-0.15, -0.1) is 0 Å². The third-order valence-corrected chi connectivity index (χ3v) is 7.75. The van der Waals surface area contributed by atoms with Crippen LogP contribution in [0, 0.1) is 0 Å². The summed E-state index contributed by atoms with van der Waals surface area (Å²) in [5.41, 5.74) is 14.4. The molecule has 1 saturated heterocycles. The van der Waals surface area contributed by atoms with Gasteiger partial charge in [-0.2, -0.15) is 0 Å². The van der Waals surface area contributed by atoms with Crippen LogP contribution >= 0.6 is 0 Å². The van der Waals surface area contributed by atoms with Crippen LogP contribution in [0.15, 0.2) is 60.8 Å². The number of unbranched alkanes of at least 4 members (excludes halogenated alkanes) is 1. The van der Waals surface area contributed by atoms with Gasteiger partial charge >= 0.3 is 5.97 Å². The third-order valence-electron chi connectivity index (χ3n) is 7.75. The number of H-pyrrole nitrogens is 1. The molecule has 42 heavy (non-hydrogen) atoms. The Morgan fingerprint density at radius 2 is 1.67 bits per heavy atom. The van der Waals surface area contributed by atoms with Crippen LogP contribution in [0.5, 0.6) is 0 Å². The first kappa shape index (κ1) is 30.7. The van der Waals surface area contributed by atoms with Crippen molar-refractivity contribution >= 4 is 34.6 Å². The predicted octanol–water partition coefficient (Wildman–Crippen LogP) is 1.45. The standard InChI is InChI=1S/C31H40N6O5/c32-15-7-6-13-25(35-28(38)23(33)17-20-9-2-1-3-10-20)29(39)36-26(30(40)37-16-8-14-27(37)31(41)42)18-21-19-34-24-12-5-4-11-22(21)24/h1-5,9-12,19,23,25-27,34H,6-8,13-18,32-33H2,(H,35,38)(H,36,39)(H,41,42)/t23-,25-,26-,27-/m0/s1. The van der Waals surface area contributed by atoms with Crippen LogP contribution in [-0.4, -0.2) is 75.9 Å². The quantitative estimate of drug-likeness (QED) is 0.157. The number of nitrogens with two attached hydrogens (primary N) is 2. The summed E-state index contributed by atoms with van der Waals surface area (Å²) in [6, 6.07) is 13.2. The van der Waals surface area contributed by atoms with Crippen molar-refractivity contribution in [2.45, 2.75) is 69.1 Å². The number of carboxylic acid groups (broad SMARTS) is 1. The highest BCUT2D eigenvalue weighted by Crippen LogP contribution is 2.23. The van der Waals surface area contributed by atoms with Gasteiger partial charge in [-0.3, -0.25) is 14.4 Å². The van der Waals surface area contributed by atoms with Gasteiger partial charge < -0.3 is 37.1 Å². The van der Waals surface area contributed by atoms with Crippen LogP contribution in [0.25, 0.3) is 10.9 Å². The first-order valence-electron chi connectivity index (χ1n) is 14.5. The molecule has 3 aromatic rings. The summed E-state index contributed by atoms with van der Waals surface area (Å²) in [6.07, 6.45) is 4.70. The summed E-state index contributed by atoms with van der Waals surface area (Å²) >= 11 is 0. The Kier molecular flexibility index (Phi) is 10.7. The van der Waals surface area contributed by atoms with Crippen LogP contribution in [0.4, 0.5) is 0 Å². The minimum atomic E-state index is -1.07. The molecule has 4 atom stereocenters. The molecule has 0 radical (unpaired) electrons. The van der Waals surface area contributed by atoms with E-state index in [4.69, 9.17) is 11.5 Å². The average Bonchev–Trinajstić information content (AvgIpc) is 3.64. The highest BCUT2D eigenvalue weighted by Gasteiger charge is 2.38. The van der Waals surface area contributed by atoms with E-state index in [-0.39, 0.29) is 6.42 Å². The van der Waals surface area contributed by atoms with Crippen molar-refractivity contribution in [3.05, 3.63) is 71.9 Å². The number of aromatic amines is 1. The summed E-state index contributed by atoms with van der Waals surface area (Å²) in [4.78, 5) is 56.9. The van der Waals surface area contributed by atoms with Gasteiger partial charge in [-0.05, 0) is 62.3 Å². The monoisotopic (exact) mass is 576 g/mol. The Morgan fingerprint density at radius 3 is 2.40 bits per heavy atom. The first-order valence-corrected chi connectivity index (χ1v) is 14.5. The number of nitrogens with zero attached hydrogens (tertiary/aromatic N) is 1. The molecule has 8 N–H and O–H groups in total. The molecule has 11 heteroatoms. The maximum absolute atomic E-state index is 13.8. The van der Waals surface area contributed by atoms with E-state index in [2.05, 4.69) is 15.6 Å². The molecule has 2 heterocycles. The normalized spacial score (nSPS) is 17.0. The third kappa shape index (κ3) is 7.74. The molecule has 1 aliphatic heterocycles. The Balaban J connectivity index is 1.54. The van der Waals surface area contributed by atoms with Crippen molar-refractivity contribution in [2.75, 3.05) is 13.1 Å². The summed E-state index contributed by atoms with van der Waals surface area (Å²) in [7, 11) is 0. The molecule has 1 fully saturated rings. The summed E-state index contributed by atoms with van der Waals surface area (Å²) < 4.78 is 0. The molecule has 0 saturated carbocycles. The first-order chi connectivity index (χ1) is 20.3. The van der Waals surface area contributed by atoms with E-state index >= 15 is 0 Å². The lowest BCUT2D eigenvalue weighted by Crippen LogP contribution is -2.57. The average molecular weight is 577 g/mol. The second kappa shape index (κ2) is 14.6. The van der Waals surface area contributed by atoms with Gasteiger partial charge in [0.1, 0.15) is 18.1 Å². The molecular formula is C31H40N6O5. The Bertz CT molecular complexity index is 1380. The largest absolute Gasteiger partial charge is 0.480 e. The number of nitrogens with one attached hydrogen (secondary N) is 3. The number of amides is 3. The number of rotatable bonds is 14. The van der Waals surface area contributed by atoms with Crippen LogP contribution in [0.2, 0.25) is 0 Å². The maximum Gasteiger partial charge on any atom is 0.326 e. The van der Waals surface area contributed by atoms with E-state index in [0.29, 0.717) is 51.6 Å². The van der Waals surface area contributed by atoms with Gasteiger partial charge in [0.05, 0.1) is 6.04 Å². The zero-order chi connectivity index (χ0) is 30.1. The number of likely N-dealkylation sites (tertiary alicyclic amines) is 1. The van der Waals surface area contributed by atoms with Crippen LogP contribution in [0.1, 0.15) is 43.2 Å². The van der Waals surface area contributed by atoms with Crippen molar-refractivity contribution in [1.29, 1.82) is 0 Å².